The molecule has 2 aromatic carbocycles. The summed E-state index contributed by atoms with van der Waals surface area (Å²) in [6.07, 6.45) is 1.92. The molecule has 3 aromatic rings. The number of amides is 1. The van der Waals surface area contributed by atoms with E-state index in [4.69, 9.17) is 9.15 Å². The molecule has 6 heteroatoms. The largest absolute Gasteiger partial charge is 0.486 e. The van der Waals surface area contributed by atoms with Crippen molar-refractivity contribution < 1.29 is 13.9 Å². The van der Waals surface area contributed by atoms with Crippen molar-refractivity contribution in [1.82, 2.24) is 10.2 Å². The Morgan fingerprint density at radius 3 is 2.76 bits per heavy atom. The van der Waals surface area contributed by atoms with Crippen molar-refractivity contribution in [1.29, 1.82) is 0 Å². The molecule has 2 heterocycles. The third kappa shape index (κ3) is 4.92. The first kappa shape index (κ1) is 21.2. The molecule has 0 aliphatic carbocycles. The van der Waals surface area contributed by atoms with Gasteiger partial charge in [-0.05, 0) is 54.4 Å². The van der Waals surface area contributed by atoms with E-state index >= 15 is 0 Å². The fraction of sp³-hybridized carbons (Fsp3) is 0.348. The van der Waals surface area contributed by atoms with Gasteiger partial charge >= 0.3 is 0 Å². The number of furan rings is 1. The average Bonchev–Trinajstić information content (AvgIpc) is 3.42. The van der Waals surface area contributed by atoms with Crippen LogP contribution in [0.3, 0.4) is 0 Å². The summed E-state index contributed by atoms with van der Waals surface area (Å²) in [6.45, 7) is 4.94. The average molecular weight is 415 g/mol. The Balaban J connectivity index is 0.00000240. The summed E-state index contributed by atoms with van der Waals surface area (Å²) in [4.78, 5) is 14.9. The van der Waals surface area contributed by atoms with Gasteiger partial charge in [-0.3, -0.25) is 4.79 Å². The molecule has 154 valence electrons. The third-order valence-corrected chi connectivity index (χ3v) is 5.17. The van der Waals surface area contributed by atoms with Gasteiger partial charge in [0.2, 0.25) is 0 Å². The first-order valence-corrected chi connectivity index (χ1v) is 9.96. The van der Waals surface area contributed by atoms with Crippen LogP contribution in [-0.4, -0.2) is 36.5 Å². The molecule has 1 unspecified atom stereocenters. The number of fused-ring (bicyclic) bond motifs is 1. The molecule has 1 saturated heterocycles. The van der Waals surface area contributed by atoms with Crippen molar-refractivity contribution in [3.05, 3.63) is 66.1 Å². The fourth-order valence-corrected chi connectivity index (χ4v) is 3.72. The Kier molecular flexibility index (Phi) is 7.18. The standard InChI is InChI=1S/C23H26N2O3.ClH/c1-2-13-25(19-11-12-24-15-19)23(26)22-10-9-21(28-22)16-27-20-8-7-17-5-3-4-6-18(17)14-20;/h3-10,14,19,24H,2,11-13,15-16H2,1H3;1H. The quantitative estimate of drug-likeness (QED) is 0.611. The summed E-state index contributed by atoms with van der Waals surface area (Å²) in [5.41, 5.74) is 0. The molecule has 1 atom stereocenters. The van der Waals surface area contributed by atoms with E-state index in [1.54, 1.807) is 6.07 Å². The summed E-state index contributed by atoms with van der Waals surface area (Å²) >= 11 is 0. The number of nitrogens with one attached hydrogen (secondary N) is 1. The van der Waals surface area contributed by atoms with E-state index in [0.29, 0.717) is 18.1 Å². The molecule has 29 heavy (non-hydrogen) atoms. The molecule has 1 aromatic heterocycles. The lowest BCUT2D eigenvalue weighted by molar-refractivity contribution is 0.0655. The molecule has 0 saturated carbocycles. The first-order valence-electron chi connectivity index (χ1n) is 9.96. The summed E-state index contributed by atoms with van der Waals surface area (Å²) < 4.78 is 11.7. The normalized spacial score (nSPS) is 15.8. The molecule has 5 nitrogen and oxygen atoms in total. The number of benzene rings is 2. The van der Waals surface area contributed by atoms with E-state index in [1.807, 2.05) is 41.3 Å². The Hall–Kier alpha value is -2.50. The van der Waals surface area contributed by atoms with E-state index in [-0.39, 0.29) is 24.4 Å². The molecule has 0 radical (unpaired) electrons. The van der Waals surface area contributed by atoms with Crippen molar-refractivity contribution in [2.45, 2.75) is 32.4 Å². The minimum atomic E-state index is -0.0347. The number of hydrogen-bond acceptors (Lipinski definition) is 4. The van der Waals surface area contributed by atoms with Gasteiger partial charge in [0.25, 0.3) is 5.91 Å². The van der Waals surface area contributed by atoms with Crippen molar-refractivity contribution >= 4 is 29.1 Å². The third-order valence-electron chi connectivity index (χ3n) is 5.17. The van der Waals surface area contributed by atoms with E-state index in [1.165, 1.54) is 5.39 Å². The van der Waals surface area contributed by atoms with Crippen LogP contribution in [0.15, 0.2) is 59.0 Å². The van der Waals surface area contributed by atoms with Crippen molar-refractivity contribution in [2.24, 2.45) is 0 Å². The summed E-state index contributed by atoms with van der Waals surface area (Å²) in [5.74, 6) is 1.79. The summed E-state index contributed by atoms with van der Waals surface area (Å²) in [7, 11) is 0. The number of ether oxygens (including phenoxy) is 1. The Morgan fingerprint density at radius 1 is 1.17 bits per heavy atom. The van der Waals surface area contributed by atoms with Gasteiger partial charge in [-0.15, -0.1) is 12.4 Å². The van der Waals surface area contributed by atoms with Gasteiger partial charge in [-0.25, -0.2) is 0 Å². The maximum atomic E-state index is 12.9. The van der Waals surface area contributed by atoms with Crippen LogP contribution in [0, 0.1) is 0 Å². The highest BCUT2D eigenvalue weighted by molar-refractivity contribution is 5.91. The van der Waals surface area contributed by atoms with Gasteiger partial charge in [-0.2, -0.15) is 0 Å². The maximum Gasteiger partial charge on any atom is 0.289 e. The van der Waals surface area contributed by atoms with Gasteiger partial charge in [0.1, 0.15) is 18.1 Å². The molecule has 0 bridgehead atoms. The molecule has 1 aliphatic rings. The van der Waals surface area contributed by atoms with Crippen LogP contribution in [0.5, 0.6) is 5.75 Å². The topological polar surface area (TPSA) is 54.7 Å². The fourth-order valence-electron chi connectivity index (χ4n) is 3.72. The maximum absolute atomic E-state index is 12.9. The molecule has 4 rings (SSSR count). The predicted octanol–water partition coefficient (Wildman–Crippen LogP) is 4.65. The van der Waals surface area contributed by atoms with Gasteiger partial charge in [0.05, 0.1) is 0 Å². The predicted molar refractivity (Wildman–Crippen MR) is 117 cm³/mol. The van der Waals surface area contributed by atoms with Crippen molar-refractivity contribution in [2.75, 3.05) is 19.6 Å². The van der Waals surface area contributed by atoms with E-state index in [9.17, 15) is 4.79 Å². The van der Waals surface area contributed by atoms with Gasteiger partial charge < -0.3 is 19.4 Å². The molecule has 1 fully saturated rings. The summed E-state index contributed by atoms with van der Waals surface area (Å²) in [6, 6.07) is 18.0. The zero-order valence-electron chi connectivity index (χ0n) is 16.6. The van der Waals surface area contributed by atoms with E-state index < -0.39 is 0 Å². The number of carbonyl (C=O) groups is 1. The number of nitrogens with zero attached hydrogens (tertiary/aromatic N) is 1. The SMILES string of the molecule is CCCN(C(=O)c1ccc(COc2ccc3ccccc3c2)o1)C1CCNC1.Cl. The number of carbonyl (C=O) groups excluding carboxylic acids is 1. The number of hydrogen-bond donors (Lipinski definition) is 1. The second-order valence-corrected chi connectivity index (χ2v) is 7.21. The van der Waals surface area contributed by atoms with Crippen molar-refractivity contribution in [3.63, 3.8) is 0 Å². The molecular formula is C23H27ClN2O3. The van der Waals surface area contributed by atoms with Crippen LogP contribution in [0.25, 0.3) is 10.8 Å². The molecule has 1 aliphatic heterocycles. The van der Waals surface area contributed by atoms with Crippen LogP contribution in [0.1, 0.15) is 36.1 Å². The minimum absolute atomic E-state index is 0. The van der Waals surface area contributed by atoms with Gasteiger partial charge in [-0.1, -0.05) is 37.3 Å². The monoisotopic (exact) mass is 414 g/mol. The zero-order valence-corrected chi connectivity index (χ0v) is 17.4. The molecule has 0 spiro atoms. The lowest BCUT2D eigenvalue weighted by Gasteiger charge is -2.27. The van der Waals surface area contributed by atoms with Crippen LogP contribution < -0.4 is 10.1 Å². The smallest absolute Gasteiger partial charge is 0.289 e. The first-order chi connectivity index (χ1) is 13.7. The van der Waals surface area contributed by atoms with Gasteiger partial charge in [0, 0.05) is 19.1 Å². The number of halogens is 1. The van der Waals surface area contributed by atoms with Gasteiger partial charge in [0.15, 0.2) is 5.76 Å². The van der Waals surface area contributed by atoms with Crippen LogP contribution >= 0.6 is 12.4 Å². The number of rotatable bonds is 7. The second-order valence-electron chi connectivity index (χ2n) is 7.21. The van der Waals surface area contributed by atoms with Crippen molar-refractivity contribution in [3.8, 4) is 5.75 Å². The van der Waals surface area contributed by atoms with Crippen LogP contribution in [0.2, 0.25) is 0 Å². The summed E-state index contributed by atoms with van der Waals surface area (Å²) in [5, 5.41) is 5.64. The molecular weight excluding hydrogens is 388 g/mol. The lowest BCUT2D eigenvalue weighted by Crippen LogP contribution is -2.41. The highest BCUT2D eigenvalue weighted by atomic mass is 35.5. The van der Waals surface area contributed by atoms with E-state index in [2.05, 4.69) is 24.4 Å². The molecule has 1 N–H and O–H groups in total. The van der Waals surface area contributed by atoms with Crippen LogP contribution in [-0.2, 0) is 6.61 Å². The second kappa shape index (κ2) is 9.81. The van der Waals surface area contributed by atoms with E-state index in [0.717, 1.165) is 43.6 Å². The minimum Gasteiger partial charge on any atom is -0.486 e. The zero-order chi connectivity index (χ0) is 19.3. The Bertz CT molecular complexity index is 950. The highest BCUT2D eigenvalue weighted by Gasteiger charge is 2.28. The highest BCUT2D eigenvalue weighted by Crippen LogP contribution is 2.22. The Morgan fingerprint density at radius 2 is 2.00 bits per heavy atom. The van der Waals surface area contributed by atoms with Crippen LogP contribution in [0.4, 0.5) is 0 Å². The molecule has 1 amide bonds. The Labute approximate surface area is 177 Å². The lowest BCUT2D eigenvalue weighted by atomic mass is 10.1.